The summed E-state index contributed by atoms with van der Waals surface area (Å²) < 4.78 is 0. The maximum atomic E-state index is 2.55. The summed E-state index contributed by atoms with van der Waals surface area (Å²) >= 11 is 0. The zero-order chi connectivity index (χ0) is 14.7. The van der Waals surface area contributed by atoms with Crippen molar-refractivity contribution in [1.82, 2.24) is 0 Å². The average molecular weight is 285 g/mol. The molecular formula is C21H19N. The predicted octanol–water partition coefficient (Wildman–Crippen LogP) is 4.79. The lowest BCUT2D eigenvalue weighted by atomic mass is 9.92. The second-order valence-corrected chi connectivity index (χ2v) is 6.39. The summed E-state index contributed by atoms with van der Waals surface area (Å²) in [7, 11) is 0. The van der Waals surface area contributed by atoms with Crippen LogP contribution in [0.25, 0.3) is 21.9 Å². The predicted molar refractivity (Wildman–Crippen MR) is 93.8 cm³/mol. The van der Waals surface area contributed by atoms with Crippen LogP contribution in [0, 0.1) is 0 Å². The largest absolute Gasteiger partial charge is 0.371 e. The molecule has 0 aromatic heterocycles. The minimum Gasteiger partial charge on any atom is -0.371 e. The first kappa shape index (κ1) is 12.3. The number of hydrogen-bond donors (Lipinski definition) is 0. The maximum Gasteiger partial charge on any atom is 0.0485 e. The highest BCUT2D eigenvalue weighted by atomic mass is 15.1. The number of likely N-dealkylation sites (N-methyl/N-ethyl adjacent to an activating group) is 1. The Kier molecular flexibility index (Phi) is 2.43. The average Bonchev–Trinajstić information content (AvgIpc) is 3.16. The number of rotatable bonds is 1. The molecule has 0 spiro atoms. The summed E-state index contributed by atoms with van der Waals surface area (Å²) in [5.41, 5.74) is 9.13. The Morgan fingerprint density at radius 1 is 0.909 bits per heavy atom. The normalized spacial score (nSPS) is 15.0. The van der Waals surface area contributed by atoms with Crippen molar-refractivity contribution in [3.8, 4) is 11.1 Å². The van der Waals surface area contributed by atoms with E-state index in [2.05, 4.69) is 60.4 Å². The summed E-state index contributed by atoms with van der Waals surface area (Å²) in [6.45, 7) is 4.52. The van der Waals surface area contributed by atoms with Crippen molar-refractivity contribution in [3.05, 3.63) is 65.2 Å². The second-order valence-electron chi connectivity index (χ2n) is 6.39. The zero-order valence-electron chi connectivity index (χ0n) is 12.9. The maximum absolute atomic E-state index is 2.55. The summed E-state index contributed by atoms with van der Waals surface area (Å²) in [5, 5.41) is 2.90. The van der Waals surface area contributed by atoms with Crippen molar-refractivity contribution in [3.63, 3.8) is 0 Å². The lowest BCUT2D eigenvalue weighted by Crippen LogP contribution is -2.19. The molecule has 3 aromatic rings. The third-order valence-electron chi connectivity index (χ3n) is 5.38. The third kappa shape index (κ3) is 1.44. The van der Waals surface area contributed by atoms with Crippen molar-refractivity contribution in [2.24, 2.45) is 0 Å². The quantitative estimate of drug-likeness (QED) is 0.486. The Morgan fingerprint density at radius 2 is 1.68 bits per heavy atom. The Morgan fingerprint density at radius 3 is 2.55 bits per heavy atom. The van der Waals surface area contributed by atoms with Gasteiger partial charge in [0.25, 0.3) is 0 Å². The molecule has 0 saturated carbocycles. The Hall–Kier alpha value is -2.28. The molecule has 22 heavy (non-hydrogen) atoms. The van der Waals surface area contributed by atoms with E-state index in [4.69, 9.17) is 0 Å². The molecular weight excluding hydrogens is 266 g/mol. The molecule has 1 aliphatic heterocycles. The monoisotopic (exact) mass is 285 g/mol. The summed E-state index contributed by atoms with van der Waals surface area (Å²) in [6, 6.07) is 18.0. The fourth-order valence-electron chi connectivity index (χ4n) is 4.45. The number of benzene rings is 3. The van der Waals surface area contributed by atoms with Crippen LogP contribution in [0.5, 0.6) is 0 Å². The molecule has 0 radical (unpaired) electrons. The Labute approximate surface area is 131 Å². The highest BCUT2D eigenvalue weighted by molar-refractivity contribution is 6.06. The summed E-state index contributed by atoms with van der Waals surface area (Å²) in [4.78, 5) is 2.55. The van der Waals surface area contributed by atoms with Gasteiger partial charge in [0.15, 0.2) is 0 Å². The highest BCUT2D eigenvalue weighted by Gasteiger charge is 2.30. The molecule has 108 valence electrons. The van der Waals surface area contributed by atoms with Gasteiger partial charge in [-0.3, -0.25) is 0 Å². The van der Waals surface area contributed by atoms with Crippen molar-refractivity contribution in [2.45, 2.75) is 19.8 Å². The van der Waals surface area contributed by atoms with E-state index in [1.54, 1.807) is 16.7 Å². The molecule has 0 N–H and O–H groups in total. The molecule has 0 unspecified atom stereocenters. The minimum atomic E-state index is 1.09. The first-order chi connectivity index (χ1) is 10.9. The molecule has 1 heteroatoms. The van der Waals surface area contributed by atoms with Crippen LogP contribution >= 0.6 is 0 Å². The molecule has 0 bridgehead atoms. The lowest BCUT2D eigenvalue weighted by Gasteiger charge is -2.21. The molecule has 0 amide bonds. The van der Waals surface area contributed by atoms with Gasteiger partial charge in [-0.1, -0.05) is 48.5 Å². The minimum absolute atomic E-state index is 1.09. The second kappa shape index (κ2) is 4.36. The van der Waals surface area contributed by atoms with E-state index in [9.17, 15) is 0 Å². The van der Waals surface area contributed by atoms with E-state index in [0.29, 0.717) is 0 Å². The molecule has 1 nitrogen and oxygen atoms in total. The van der Waals surface area contributed by atoms with E-state index in [1.165, 1.54) is 34.0 Å². The van der Waals surface area contributed by atoms with E-state index in [-0.39, 0.29) is 0 Å². The molecule has 0 fully saturated rings. The SMILES string of the molecule is CCN1CCc2c3c(c4ccccc4c21)Cc1ccccc1-3. The molecule has 5 rings (SSSR count). The number of hydrogen-bond acceptors (Lipinski definition) is 1. The van der Waals surface area contributed by atoms with Gasteiger partial charge in [0.1, 0.15) is 0 Å². The fraction of sp³-hybridized carbons (Fsp3) is 0.238. The standard InChI is InChI=1S/C21H19N/c1-2-22-12-11-18-20-15-8-4-3-7-14(15)13-19(20)16-9-5-6-10-17(16)21(18)22/h3-10H,2,11-13H2,1H3. The molecule has 1 heterocycles. The topological polar surface area (TPSA) is 3.24 Å². The van der Waals surface area contributed by atoms with E-state index in [0.717, 1.165) is 19.5 Å². The van der Waals surface area contributed by atoms with E-state index < -0.39 is 0 Å². The van der Waals surface area contributed by atoms with E-state index >= 15 is 0 Å². The Bertz CT molecular complexity index is 907. The zero-order valence-corrected chi connectivity index (χ0v) is 12.9. The summed E-state index contributed by atoms with van der Waals surface area (Å²) in [5.74, 6) is 0. The van der Waals surface area contributed by atoms with Crippen LogP contribution in [-0.2, 0) is 12.8 Å². The molecule has 0 atom stereocenters. The summed E-state index contributed by atoms with van der Waals surface area (Å²) in [6.07, 6.45) is 2.27. The van der Waals surface area contributed by atoms with Gasteiger partial charge in [-0.25, -0.2) is 0 Å². The van der Waals surface area contributed by atoms with Crippen LogP contribution in [0.1, 0.15) is 23.6 Å². The smallest absolute Gasteiger partial charge is 0.0485 e. The molecule has 2 aliphatic rings. The van der Waals surface area contributed by atoms with Crippen molar-refractivity contribution >= 4 is 16.5 Å². The van der Waals surface area contributed by atoms with Crippen LogP contribution in [0.3, 0.4) is 0 Å². The van der Waals surface area contributed by atoms with Crippen molar-refractivity contribution in [2.75, 3.05) is 18.0 Å². The van der Waals surface area contributed by atoms with Gasteiger partial charge in [0, 0.05) is 24.2 Å². The van der Waals surface area contributed by atoms with Gasteiger partial charge in [-0.05, 0) is 53.0 Å². The highest BCUT2D eigenvalue weighted by Crippen LogP contribution is 2.49. The fourth-order valence-corrected chi connectivity index (χ4v) is 4.45. The van der Waals surface area contributed by atoms with E-state index in [1.807, 2.05) is 0 Å². The van der Waals surface area contributed by atoms with Crippen LogP contribution in [-0.4, -0.2) is 13.1 Å². The number of fused-ring (bicyclic) bond motifs is 8. The van der Waals surface area contributed by atoms with Crippen LogP contribution < -0.4 is 4.90 Å². The number of nitrogens with zero attached hydrogens (tertiary/aromatic N) is 1. The molecule has 0 saturated heterocycles. The van der Waals surface area contributed by atoms with Gasteiger partial charge in [0.05, 0.1) is 0 Å². The third-order valence-corrected chi connectivity index (χ3v) is 5.38. The van der Waals surface area contributed by atoms with Crippen LogP contribution in [0.4, 0.5) is 5.69 Å². The van der Waals surface area contributed by atoms with Gasteiger partial charge < -0.3 is 4.90 Å². The first-order valence-corrected chi connectivity index (χ1v) is 8.28. The molecule has 3 aromatic carbocycles. The van der Waals surface area contributed by atoms with Crippen molar-refractivity contribution in [1.29, 1.82) is 0 Å². The van der Waals surface area contributed by atoms with Gasteiger partial charge in [-0.2, -0.15) is 0 Å². The first-order valence-electron chi connectivity index (χ1n) is 8.28. The molecule has 1 aliphatic carbocycles. The Balaban J connectivity index is 1.95. The number of anilines is 1. The van der Waals surface area contributed by atoms with Crippen molar-refractivity contribution < 1.29 is 0 Å². The van der Waals surface area contributed by atoms with Gasteiger partial charge in [-0.15, -0.1) is 0 Å². The van der Waals surface area contributed by atoms with Gasteiger partial charge in [0.2, 0.25) is 0 Å². The van der Waals surface area contributed by atoms with Gasteiger partial charge >= 0.3 is 0 Å². The van der Waals surface area contributed by atoms with Crippen LogP contribution in [0.2, 0.25) is 0 Å². The van der Waals surface area contributed by atoms with Crippen LogP contribution in [0.15, 0.2) is 48.5 Å². The lowest BCUT2D eigenvalue weighted by molar-refractivity contribution is 0.870.